The summed E-state index contributed by atoms with van der Waals surface area (Å²) < 4.78 is 43.3. The van der Waals surface area contributed by atoms with E-state index >= 15 is 0 Å². The van der Waals surface area contributed by atoms with E-state index in [9.17, 15) is 22.8 Å². The van der Waals surface area contributed by atoms with Gasteiger partial charge in [-0.15, -0.1) is 0 Å². The summed E-state index contributed by atoms with van der Waals surface area (Å²) in [5, 5.41) is 4.99. The first-order valence-corrected chi connectivity index (χ1v) is 9.32. The fourth-order valence-electron chi connectivity index (χ4n) is 2.33. The van der Waals surface area contributed by atoms with Crippen molar-refractivity contribution in [3.05, 3.63) is 46.2 Å². The molecule has 0 saturated carbocycles. The highest BCUT2D eigenvalue weighted by molar-refractivity contribution is 6.31. The van der Waals surface area contributed by atoms with E-state index in [0.29, 0.717) is 11.9 Å². The molecular weight excluding hydrogens is 425 g/mol. The minimum Gasteiger partial charge on any atom is -0.474 e. The molecule has 162 valence electrons. The molecule has 0 spiro atoms. The Bertz CT molecular complexity index is 938. The zero-order chi connectivity index (χ0) is 22.5. The zero-order valence-electron chi connectivity index (χ0n) is 16.4. The molecule has 2 rings (SSSR count). The van der Waals surface area contributed by atoms with Gasteiger partial charge < -0.3 is 15.4 Å². The molecule has 0 bridgehead atoms. The first-order chi connectivity index (χ1) is 14.0. The first-order valence-electron chi connectivity index (χ1n) is 8.94. The maximum absolute atomic E-state index is 12.7. The standard InChI is InChI=1S/C19H20ClF3N4O3/c1-4-16(28)27-15-6-12(5-10(2)25-15)17(29)26-11(3)9-30-18-14(20)7-13(8-24-18)19(21,22)23/h5-8,11H,4,9H2,1-3H3,(H,26,29)(H,25,27,28)/t11-/m1/s1. The normalized spacial score (nSPS) is 12.2. The Morgan fingerprint density at radius 3 is 2.57 bits per heavy atom. The third-order valence-corrected chi connectivity index (χ3v) is 4.06. The van der Waals surface area contributed by atoms with Crippen LogP contribution in [0.2, 0.25) is 5.02 Å². The van der Waals surface area contributed by atoms with Gasteiger partial charge in [0.15, 0.2) is 0 Å². The van der Waals surface area contributed by atoms with Gasteiger partial charge in [-0.1, -0.05) is 18.5 Å². The number of amides is 2. The molecule has 0 aliphatic rings. The van der Waals surface area contributed by atoms with Crippen LogP contribution in [0.1, 0.15) is 41.9 Å². The number of carbonyl (C=O) groups excluding carboxylic acids is 2. The van der Waals surface area contributed by atoms with Gasteiger partial charge in [0.1, 0.15) is 17.4 Å². The molecule has 2 N–H and O–H groups in total. The molecule has 7 nitrogen and oxygen atoms in total. The Balaban J connectivity index is 1.99. The van der Waals surface area contributed by atoms with Crippen molar-refractivity contribution in [2.45, 2.75) is 39.4 Å². The Morgan fingerprint density at radius 1 is 1.27 bits per heavy atom. The second-order valence-corrected chi connectivity index (χ2v) is 6.89. The summed E-state index contributed by atoms with van der Waals surface area (Å²) in [6.07, 6.45) is -3.67. The minimum atomic E-state index is -4.56. The van der Waals surface area contributed by atoms with Gasteiger partial charge in [0.05, 0.1) is 11.6 Å². The fourth-order valence-corrected chi connectivity index (χ4v) is 2.56. The number of anilines is 1. The van der Waals surface area contributed by atoms with Gasteiger partial charge >= 0.3 is 6.18 Å². The van der Waals surface area contributed by atoms with E-state index in [1.54, 1.807) is 26.8 Å². The largest absolute Gasteiger partial charge is 0.474 e. The molecule has 2 aromatic rings. The van der Waals surface area contributed by atoms with E-state index < -0.39 is 23.7 Å². The van der Waals surface area contributed by atoms with Crippen molar-refractivity contribution in [2.75, 3.05) is 11.9 Å². The summed E-state index contributed by atoms with van der Waals surface area (Å²) in [6, 6.07) is 3.20. The number of pyridine rings is 2. The Labute approximate surface area is 176 Å². The van der Waals surface area contributed by atoms with Crippen LogP contribution in [0.4, 0.5) is 19.0 Å². The monoisotopic (exact) mass is 444 g/mol. The number of hydrogen-bond acceptors (Lipinski definition) is 5. The SMILES string of the molecule is CCC(=O)Nc1cc(C(=O)N[C@H](C)COc2ncc(C(F)(F)F)cc2Cl)cc(C)n1. The number of aryl methyl sites for hydroxylation is 1. The van der Waals surface area contributed by atoms with Crippen molar-refractivity contribution >= 4 is 29.2 Å². The van der Waals surface area contributed by atoms with Crippen LogP contribution < -0.4 is 15.4 Å². The maximum Gasteiger partial charge on any atom is 0.417 e. The van der Waals surface area contributed by atoms with Crippen LogP contribution in [0.3, 0.4) is 0 Å². The summed E-state index contributed by atoms with van der Waals surface area (Å²) in [5.41, 5.74) is -0.162. The highest BCUT2D eigenvalue weighted by atomic mass is 35.5. The summed E-state index contributed by atoms with van der Waals surface area (Å²) in [7, 11) is 0. The Morgan fingerprint density at radius 2 is 1.97 bits per heavy atom. The summed E-state index contributed by atoms with van der Waals surface area (Å²) in [5.74, 6) is -0.580. The van der Waals surface area contributed by atoms with E-state index in [2.05, 4.69) is 20.6 Å². The smallest absolute Gasteiger partial charge is 0.417 e. The van der Waals surface area contributed by atoms with E-state index in [1.165, 1.54) is 6.07 Å². The molecule has 30 heavy (non-hydrogen) atoms. The van der Waals surface area contributed by atoms with E-state index in [4.69, 9.17) is 16.3 Å². The summed E-state index contributed by atoms with van der Waals surface area (Å²) in [6.45, 7) is 4.94. The maximum atomic E-state index is 12.7. The van der Waals surface area contributed by atoms with Crippen LogP contribution in [0.5, 0.6) is 5.88 Å². The van der Waals surface area contributed by atoms with Crippen LogP contribution in [0, 0.1) is 6.92 Å². The predicted molar refractivity (Wildman–Crippen MR) is 105 cm³/mol. The van der Waals surface area contributed by atoms with Gasteiger partial charge in [-0.3, -0.25) is 9.59 Å². The number of nitrogens with one attached hydrogen (secondary N) is 2. The van der Waals surface area contributed by atoms with Crippen molar-refractivity contribution in [2.24, 2.45) is 0 Å². The number of carbonyl (C=O) groups is 2. The van der Waals surface area contributed by atoms with Crippen molar-refractivity contribution < 1.29 is 27.5 Å². The second kappa shape index (κ2) is 9.75. The van der Waals surface area contributed by atoms with Gasteiger partial charge in [-0.2, -0.15) is 13.2 Å². The molecule has 0 aliphatic carbocycles. The molecule has 0 aliphatic heterocycles. The minimum absolute atomic E-state index is 0.0761. The Hall–Kier alpha value is -2.88. The first kappa shape index (κ1) is 23.4. The molecule has 11 heteroatoms. The van der Waals surface area contributed by atoms with E-state index in [1.807, 2.05) is 0 Å². The Kier molecular flexibility index (Phi) is 7.60. The third-order valence-electron chi connectivity index (χ3n) is 3.79. The van der Waals surface area contributed by atoms with Gasteiger partial charge in [0.2, 0.25) is 11.8 Å². The average molecular weight is 445 g/mol. The average Bonchev–Trinajstić information content (AvgIpc) is 2.65. The van der Waals surface area contributed by atoms with Crippen LogP contribution in [0.25, 0.3) is 0 Å². The van der Waals surface area contributed by atoms with Crippen molar-refractivity contribution in [3.8, 4) is 5.88 Å². The summed E-state index contributed by atoms with van der Waals surface area (Å²) in [4.78, 5) is 31.7. The number of hydrogen-bond donors (Lipinski definition) is 2. The number of ether oxygens (including phenoxy) is 1. The lowest BCUT2D eigenvalue weighted by Crippen LogP contribution is -2.37. The van der Waals surface area contributed by atoms with Crippen molar-refractivity contribution in [1.29, 1.82) is 0 Å². The van der Waals surface area contributed by atoms with E-state index in [-0.39, 0.29) is 41.2 Å². The lowest BCUT2D eigenvalue weighted by Gasteiger charge is -2.16. The molecule has 0 unspecified atom stereocenters. The highest BCUT2D eigenvalue weighted by Gasteiger charge is 2.31. The summed E-state index contributed by atoms with van der Waals surface area (Å²) >= 11 is 5.79. The van der Waals surface area contributed by atoms with Crippen LogP contribution in [0.15, 0.2) is 24.4 Å². The van der Waals surface area contributed by atoms with Crippen molar-refractivity contribution in [1.82, 2.24) is 15.3 Å². The van der Waals surface area contributed by atoms with Crippen LogP contribution in [-0.2, 0) is 11.0 Å². The molecule has 0 saturated heterocycles. The molecule has 1 atom stereocenters. The highest BCUT2D eigenvalue weighted by Crippen LogP contribution is 2.33. The van der Waals surface area contributed by atoms with E-state index in [0.717, 1.165) is 6.07 Å². The quantitative estimate of drug-likeness (QED) is 0.673. The second-order valence-electron chi connectivity index (χ2n) is 6.48. The fraction of sp³-hybridized carbons (Fsp3) is 0.368. The van der Waals surface area contributed by atoms with Gasteiger partial charge in [0.25, 0.3) is 5.91 Å². The number of alkyl halides is 3. The van der Waals surface area contributed by atoms with Gasteiger partial charge in [-0.05, 0) is 32.0 Å². The molecular formula is C19H20ClF3N4O3. The van der Waals surface area contributed by atoms with Gasteiger partial charge in [0, 0.05) is 23.9 Å². The molecule has 0 fully saturated rings. The molecule has 0 radical (unpaired) electrons. The number of nitrogens with zero attached hydrogens (tertiary/aromatic N) is 2. The molecule has 2 amide bonds. The van der Waals surface area contributed by atoms with Gasteiger partial charge in [-0.25, -0.2) is 9.97 Å². The zero-order valence-corrected chi connectivity index (χ0v) is 17.2. The molecule has 0 aromatic carbocycles. The number of rotatable bonds is 7. The van der Waals surface area contributed by atoms with Crippen LogP contribution >= 0.6 is 11.6 Å². The third kappa shape index (κ3) is 6.58. The number of aromatic nitrogens is 2. The predicted octanol–water partition coefficient (Wildman–Crippen LogP) is 4.00. The number of halogens is 4. The van der Waals surface area contributed by atoms with Crippen molar-refractivity contribution in [3.63, 3.8) is 0 Å². The topological polar surface area (TPSA) is 93.2 Å². The van der Waals surface area contributed by atoms with Crippen LogP contribution in [-0.4, -0.2) is 34.4 Å². The lowest BCUT2D eigenvalue weighted by molar-refractivity contribution is -0.137. The lowest BCUT2D eigenvalue weighted by atomic mass is 10.2. The molecule has 2 aromatic heterocycles. The molecule has 2 heterocycles.